The van der Waals surface area contributed by atoms with Crippen molar-refractivity contribution in [2.24, 2.45) is 0 Å². The average molecular weight is 317 g/mol. The highest BCUT2D eigenvalue weighted by Crippen LogP contribution is 2.30. The van der Waals surface area contributed by atoms with Crippen molar-refractivity contribution < 1.29 is 9.47 Å². The van der Waals surface area contributed by atoms with Gasteiger partial charge in [-0.2, -0.15) is 5.26 Å². The van der Waals surface area contributed by atoms with Crippen LogP contribution in [0.2, 0.25) is 0 Å². The van der Waals surface area contributed by atoms with Crippen molar-refractivity contribution in [1.29, 1.82) is 5.26 Å². The molecule has 0 radical (unpaired) electrons. The van der Waals surface area contributed by atoms with Gasteiger partial charge in [0.05, 0.1) is 31.0 Å². The van der Waals surface area contributed by atoms with Crippen molar-refractivity contribution >= 4 is 12.2 Å². The topological polar surface area (TPSA) is 80.0 Å². The van der Waals surface area contributed by atoms with Crippen molar-refractivity contribution in [3.05, 3.63) is 45.0 Å². The van der Waals surface area contributed by atoms with E-state index in [1.165, 1.54) is 13.2 Å². The maximum atomic E-state index is 11.8. The van der Waals surface area contributed by atoms with Crippen molar-refractivity contribution in [2.45, 2.75) is 6.54 Å². The summed E-state index contributed by atoms with van der Waals surface area (Å²) in [4.78, 5) is 14.4. The van der Waals surface area contributed by atoms with Crippen LogP contribution in [0.15, 0.2) is 29.1 Å². The van der Waals surface area contributed by atoms with Gasteiger partial charge < -0.3 is 14.0 Å². The third-order valence-corrected chi connectivity index (χ3v) is 3.48. The van der Waals surface area contributed by atoms with Crippen molar-refractivity contribution in [3.63, 3.8) is 0 Å². The first-order valence-electron chi connectivity index (χ1n) is 6.52. The lowest BCUT2D eigenvalue weighted by Gasteiger charge is -2.15. The van der Waals surface area contributed by atoms with Crippen LogP contribution in [0.5, 0.6) is 5.75 Å². The van der Waals surface area contributed by atoms with Gasteiger partial charge in [-0.3, -0.25) is 9.78 Å². The number of rotatable bonds is 5. The fourth-order valence-corrected chi connectivity index (χ4v) is 2.42. The van der Waals surface area contributed by atoms with E-state index in [0.29, 0.717) is 40.5 Å². The first kappa shape index (κ1) is 15.9. The number of H-pyrrole nitrogens is 1. The summed E-state index contributed by atoms with van der Waals surface area (Å²) in [5.41, 5.74) is 1.38. The second-order valence-corrected chi connectivity index (χ2v) is 4.88. The lowest BCUT2D eigenvalue weighted by Crippen LogP contribution is -2.17. The summed E-state index contributed by atoms with van der Waals surface area (Å²) >= 11 is 5.23. The Hall–Kier alpha value is -2.43. The molecule has 114 valence electrons. The summed E-state index contributed by atoms with van der Waals surface area (Å²) in [6, 6.07) is 8.54. The minimum absolute atomic E-state index is 0.295. The zero-order valence-electron chi connectivity index (χ0n) is 12.3. The molecule has 0 atom stereocenters. The first-order valence-corrected chi connectivity index (χ1v) is 6.93. The monoisotopic (exact) mass is 317 g/mol. The third kappa shape index (κ3) is 3.24. The van der Waals surface area contributed by atoms with Crippen molar-refractivity contribution in [2.75, 3.05) is 20.8 Å². The molecule has 0 bridgehead atoms. The quantitative estimate of drug-likeness (QED) is 0.854. The van der Waals surface area contributed by atoms with Gasteiger partial charge in [0.2, 0.25) is 0 Å². The SMILES string of the molecule is COCCn1c(-c2cc(C#N)ccc2OC)cc(=O)[nH]c1=S. The van der Waals surface area contributed by atoms with Crippen molar-refractivity contribution in [3.8, 4) is 23.1 Å². The second kappa shape index (κ2) is 7.02. The number of methoxy groups -OCH3 is 2. The van der Waals surface area contributed by atoms with E-state index in [-0.39, 0.29) is 5.56 Å². The third-order valence-electron chi connectivity index (χ3n) is 3.16. The van der Waals surface area contributed by atoms with Crippen LogP contribution in [0.3, 0.4) is 0 Å². The zero-order valence-corrected chi connectivity index (χ0v) is 13.1. The lowest BCUT2D eigenvalue weighted by atomic mass is 10.1. The summed E-state index contributed by atoms with van der Waals surface area (Å²) in [6.45, 7) is 0.912. The number of nitriles is 1. The molecule has 1 heterocycles. The van der Waals surface area contributed by atoms with Crippen LogP contribution < -0.4 is 10.3 Å². The number of ether oxygens (including phenoxy) is 2. The predicted molar refractivity (Wildman–Crippen MR) is 84.5 cm³/mol. The number of aromatic nitrogens is 2. The van der Waals surface area contributed by atoms with Gasteiger partial charge >= 0.3 is 0 Å². The molecule has 0 amide bonds. The second-order valence-electron chi connectivity index (χ2n) is 4.50. The van der Waals surface area contributed by atoms with E-state index in [0.717, 1.165) is 0 Å². The number of aromatic amines is 1. The molecule has 22 heavy (non-hydrogen) atoms. The Morgan fingerprint density at radius 2 is 2.14 bits per heavy atom. The Kier molecular flexibility index (Phi) is 5.09. The molecule has 0 aliphatic carbocycles. The number of nitrogens with one attached hydrogen (secondary N) is 1. The molecule has 0 fully saturated rings. The zero-order chi connectivity index (χ0) is 16.1. The fourth-order valence-electron chi connectivity index (χ4n) is 2.13. The van der Waals surface area contributed by atoms with Gasteiger partial charge in [0.15, 0.2) is 4.77 Å². The highest BCUT2D eigenvalue weighted by atomic mass is 32.1. The van der Waals surface area contributed by atoms with Gasteiger partial charge in [-0.1, -0.05) is 0 Å². The summed E-state index contributed by atoms with van der Waals surface area (Å²) in [6.07, 6.45) is 0. The molecule has 1 aromatic carbocycles. The molecule has 0 spiro atoms. The van der Waals surface area contributed by atoms with Crippen molar-refractivity contribution in [1.82, 2.24) is 9.55 Å². The van der Waals surface area contributed by atoms with Crippen LogP contribution in [0, 0.1) is 16.1 Å². The summed E-state index contributed by atoms with van der Waals surface area (Å²) < 4.78 is 12.5. The van der Waals surface area contributed by atoms with Crippen LogP contribution in [0.1, 0.15) is 5.56 Å². The normalized spacial score (nSPS) is 10.2. The van der Waals surface area contributed by atoms with Gasteiger partial charge in [-0.25, -0.2) is 0 Å². The maximum Gasteiger partial charge on any atom is 0.252 e. The highest BCUT2D eigenvalue weighted by Gasteiger charge is 2.13. The lowest BCUT2D eigenvalue weighted by molar-refractivity contribution is 0.186. The molecule has 0 saturated heterocycles. The Labute approximate surface area is 132 Å². The average Bonchev–Trinajstić information content (AvgIpc) is 2.52. The van der Waals surface area contributed by atoms with E-state index in [1.807, 2.05) is 0 Å². The molecule has 6 nitrogen and oxygen atoms in total. The Balaban J connectivity index is 2.73. The van der Waals surface area contributed by atoms with E-state index >= 15 is 0 Å². The molecular formula is C15H15N3O3S. The van der Waals surface area contributed by atoms with Gasteiger partial charge in [0.1, 0.15) is 5.75 Å². The Bertz CT molecular complexity index is 833. The molecule has 0 unspecified atom stereocenters. The fraction of sp³-hybridized carbons (Fsp3) is 0.267. The molecule has 2 rings (SSSR count). The van der Waals surface area contributed by atoms with E-state index in [1.54, 1.807) is 29.9 Å². The summed E-state index contributed by atoms with van der Waals surface area (Å²) in [7, 11) is 3.12. The molecule has 0 saturated carbocycles. The number of hydrogen-bond acceptors (Lipinski definition) is 5. The molecular weight excluding hydrogens is 302 g/mol. The van der Waals surface area contributed by atoms with Gasteiger partial charge in [-0.15, -0.1) is 0 Å². The van der Waals surface area contributed by atoms with Gasteiger partial charge in [-0.05, 0) is 30.4 Å². The maximum absolute atomic E-state index is 11.8. The molecule has 0 aliphatic rings. The minimum Gasteiger partial charge on any atom is -0.496 e. The van der Waals surface area contributed by atoms with Crippen LogP contribution in [-0.4, -0.2) is 30.4 Å². The Morgan fingerprint density at radius 1 is 1.36 bits per heavy atom. The van der Waals surface area contributed by atoms with E-state index in [9.17, 15) is 4.79 Å². The van der Waals surface area contributed by atoms with E-state index < -0.39 is 0 Å². The summed E-state index contributed by atoms with van der Waals surface area (Å²) in [5.74, 6) is 0.560. The number of hydrogen-bond donors (Lipinski definition) is 1. The first-order chi connectivity index (χ1) is 10.6. The van der Waals surface area contributed by atoms with E-state index in [4.69, 9.17) is 27.0 Å². The number of benzene rings is 1. The predicted octanol–water partition coefficient (Wildman–Crippen LogP) is 2.10. The Morgan fingerprint density at radius 3 is 2.77 bits per heavy atom. The molecule has 1 N–H and O–H groups in total. The van der Waals surface area contributed by atoms with Crippen LogP contribution in [0.25, 0.3) is 11.3 Å². The number of nitrogens with zero attached hydrogens (tertiary/aromatic N) is 2. The van der Waals surface area contributed by atoms with Gasteiger partial charge in [0, 0.05) is 25.3 Å². The largest absolute Gasteiger partial charge is 0.496 e. The van der Waals surface area contributed by atoms with Gasteiger partial charge in [0.25, 0.3) is 5.56 Å². The standard InChI is InChI=1S/C15H15N3O3S/c1-20-6-5-18-12(8-14(19)17-15(18)22)11-7-10(9-16)3-4-13(11)21-2/h3-4,7-8H,5-6H2,1-2H3,(H,17,19,22). The van der Waals surface area contributed by atoms with Crippen LogP contribution in [-0.2, 0) is 11.3 Å². The smallest absolute Gasteiger partial charge is 0.252 e. The van der Waals surface area contributed by atoms with E-state index in [2.05, 4.69) is 11.1 Å². The molecule has 1 aromatic heterocycles. The van der Waals surface area contributed by atoms with Crippen LogP contribution in [0.4, 0.5) is 0 Å². The van der Waals surface area contributed by atoms with Crippen LogP contribution >= 0.6 is 12.2 Å². The minimum atomic E-state index is -0.307. The molecule has 0 aliphatic heterocycles. The molecule has 7 heteroatoms. The highest BCUT2D eigenvalue weighted by molar-refractivity contribution is 7.71. The summed E-state index contributed by atoms with van der Waals surface area (Å²) in [5, 5.41) is 9.09. The molecule has 2 aromatic rings.